The van der Waals surface area contributed by atoms with Crippen LogP contribution >= 0.6 is 11.6 Å². The fourth-order valence-corrected chi connectivity index (χ4v) is 3.14. The summed E-state index contributed by atoms with van der Waals surface area (Å²) in [5.74, 6) is -0.271. The van der Waals surface area contributed by atoms with Crippen LogP contribution < -0.4 is 10.6 Å². The molecule has 1 heterocycles. The van der Waals surface area contributed by atoms with Crippen LogP contribution in [0.4, 0.5) is 10.1 Å². The lowest BCUT2D eigenvalue weighted by Crippen LogP contribution is -2.27. The predicted octanol–water partition coefficient (Wildman–Crippen LogP) is 4.46. The number of aryl methyl sites for hydroxylation is 1. The molecule has 152 valence electrons. The second-order valence-corrected chi connectivity index (χ2v) is 7.10. The molecule has 0 radical (unpaired) electrons. The highest BCUT2D eigenvalue weighted by molar-refractivity contribution is 6.33. The van der Waals surface area contributed by atoms with E-state index in [-0.39, 0.29) is 29.5 Å². The summed E-state index contributed by atoms with van der Waals surface area (Å²) in [7, 11) is 0. The molecule has 0 aliphatic heterocycles. The number of nitrogens with zero attached hydrogens (tertiary/aromatic N) is 1. The lowest BCUT2D eigenvalue weighted by Gasteiger charge is -2.08. The molecule has 3 N–H and O–H groups in total. The fraction of sp³-hybridized carbons (Fsp3) is 0.286. The van der Waals surface area contributed by atoms with E-state index in [0.717, 1.165) is 48.3 Å². The number of amides is 2. The Bertz CT molecular complexity index is 1030. The minimum atomic E-state index is -0.516. The minimum Gasteiger partial charge on any atom is -0.351 e. The maximum absolute atomic E-state index is 13.1. The standard InChI is InChI=1S/C21H22ClFN4O2/c1-2-3-4-19-26-17-8-6-14(12-18(17)27-19)25-20(28)9-10-24-21(29)15-7-5-13(23)11-16(15)22/h5-8,11-12H,2-4,9-10H2,1H3,(H,24,29)(H,25,28)(H,26,27). The van der Waals surface area contributed by atoms with Gasteiger partial charge in [0.1, 0.15) is 11.6 Å². The predicted molar refractivity (Wildman–Crippen MR) is 112 cm³/mol. The largest absolute Gasteiger partial charge is 0.351 e. The molecule has 2 amide bonds. The number of anilines is 1. The van der Waals surface area contributed by atoms with Gasteiger partial charge in [-0.05, 0) is 42.8 Å². The lowest BCUT2D eigenvalue weighted by molar-refractivity contribution is -0.116. The first-order valence-electron chi connectivity index (χ1n) is 9.48. The molecule has 0 bridgehead atoms. The van der Waals surface area contributed by atoms with Crippen molar-refractivity contribution >= 4 is 40.1 Å². The number of fused-ring (bicyclic) bond motifs is 1. The fourth-order valence-electron chi connectivity index (χ4n) is 2.88. The van der Waals surface area contributed by atoms with Gasteiger partial charge in [0.05, 0.1) is 21.6 Å². The summed E-state index contributed by atoms with van der Waals surface area (Å²) in [5, 5.41) is 5.44. The Morgan fingerprint density at radius 1 is 1.21 bits per heavy atom. The molecule has 0 spiro atoms. The van der Waals surface area contributed by atoms with Crippen molar-refractivity contribution in [2.45, 2.75) is 32.6 Å². The Hall–Kier alpha value is -2.93. The molecule has 0 saturated carbocycles. The number of rotatable bonds is 8. The number of carbonyl (C=O) groups is 2. The normalized spacial score (nSPS) is 10.9. The first kappa shape index (κ1) is 20.8. The Kier molecular flexibility index (Phi) is 6.82. The molecule has 3 aromatic rings. The average molecular weight is 417 g/mol. The summed E-state index contributed by atoms with van der Waals surface area (Å²) in [5.41, 5.74) is 2.55. The van der Waals surface area contributed by atoms with Crippen LogP contribution in [-0.2, 0) is 11.2 Å². The van der Waals surface area contributed by atoms with Gasteiger partial charge in [-0.3, -0.25) is 9.59 Å². The summed E-state index contributed by atoms with van der Waals surface area (Å²) in [6.07, 6.45) is 3.15. The van der Waals surface area contributed by atoms with Crippen molar-refractivity contribution in [1.82, 2.24) is 15.3 Å². The molecule has 2 aromatic carbocycles. The first-order chi connectivity index (χ1) is 14.0. The number of carbonyl (C=O) groups excluding carboxylic acids is 2. The third kappa shape index (κ3) is 5.54. The van der Waals surface area contributed by atoms with E-state index in [1.54, 1.807) is 6.07 Å². The van der Waals surface area contributed by atoms with Crippen LogP contribution in [0, 0.1) is 5.82 Å². The Morgan fingerprint density at radius 2 is 2.03 bits per heavy atom. The molecule has 0 aliphatic carbocycles. The maximum atomic E-state index is 13.1. The van der Waals surface area contributed by atoms with E-state index in [1.807, 2.05) is 12.1 Å². The van der Waals surface area contributed by atoms with E-state index < -0.39 is 11.7 Å². The maximum Gasteiger partial charge on any atom is 0.252 e. The molecular weight excluding hydrogens is 395 g/mol. The van der Waals surface area contributed by atoms with Gasteiger partial charge in [-0.25, -0.2) is 9.37 Å². The number of imidazole rings is 1. The van der Waals surface area contributed by atoms with Crippen LogP contribution in [0.5, 0.6) is 0 Å². The van der Waals surface area contributed by atoms with Gasteiger partial charge in [0.15, 0.2) is 0 Å². The van der Waals surface area contributed by atoms with E-state index in [2.05, 4.69) is 27.5 Å². The van der Waals surface area contributed by atoms with E-state index in [0.29, 0.717) is 5.69 Å². The zero-order chi connectivity index (χ0) is 20.8. The molecule has 0 fully saturated rings. The number of hydrogen-bond acceptors (Lipinski definition) is 3. The summed E-state index contributed by atoms with van der Waals surface area (Å²) in [6.45, 7) is 2.26. The number of hydrogen-bond donors (Lipinski definition) is 3. The molecule has 0 aliphatic rings. The van der Waals surface area contributed by atoms with Crippen molar-refractivity contribution < 1.29 is 14.0 Å². The Morgan fingerprint density at radius 3 is 2.79 bits per heavy atom. The van der Waals surface area contributed by atoms with Crippen molar-refractivity contribution in [1.29, 1.82) is 0 Å². The second-order valence-electron chi connectivity index (χ2n) is 6.70. The molecule has 1 aromatic heterocycles. The van der Waals surface area contributed by atoms with Gasteiger partial charge >= 0.3 is 0 Å². The van der Waals surface area contributed by atoms with Gasteiger partial charge in [-0.15, -0.1) is 0 Å². The summed E-state index contributed by atoms with van der Waals surface area (Å²) in [4.78, 5) is 32.0. The lowest BCUT2D eigenvalue weighted by atomic mass is 10.2. The number of unbranched alkanes of at least 4 members (excludes halogenated alkanes) is 1. The molecule has 8 heteroatoms. The molecule has 6 nitrogen and oxygen atoms in total. The SMILES string of the molecule is CCCCc1nc2ccc(NC(=O)CCNC(=O)c3ccc(F)cc3Cl)cc2[nH]1. The zero-order valence-electron chi connectivity index (χ0n) is 16.0. The Balaban J connectivity index is 1.51. The van der Waals surface area contributed by atoms with Gasteiger partial charge in [-0.2, -0.15) is 0 Å². The molecule has 3 rings (SSSR count). The van der Waals surface area contributed by atoms with Gasteiger partial charge in [0, 0.05) is 25.1 Å². The summed E-state index contributed by atoms with van der Waals surface area (Å²) >= 11 is 5.86. The smallest absolute Gasteiger partial charge is 0.252 e. The highest BCUT2D eigenvalue weighted by atomic mass is 35.5. The van der Waals surface area contributed by atoms with E-state index in [1.165, 1.54) is 6.07 Å². The van der Waals surface area contributed by atoms with Crippen molar-refractivity contribution in [3.8, 4) is 0 Å². The van der Waals surface area contributed by atoms with Gasteiger partial charge in [0.2, 0.25) is 5.91 Å². The number of aromatic nitrogens is 2. The average Bonchev–Trinajstić information content (AvgIpc) is 3.08. The van der Waals surface area contributed by atoms with Crippen molar-refractivity contribution in [3.05, 3.63) is 58.6 Å². The summed E-state index contributed by atoms with van der Waals surface area (Å²) < 4.78 is 13.1. The molecular formula is C21H22ClFN4O2. The van der Waals surface area contributed by atoms with E-state index >= 15 is 0 Å². The van der Waals surface area contributed by atoms with Crippen LogP contribution in [0.3, 0.4) is 0 Å². The van der Waals surface area contributed by atoms with Crippen LogP contribution in [0.25, 0.3) is 11.0 Å². The third-order valence-corrected chi connectivity index (χ3v) is 4.71. The summed E-state index contributed by atoms with van der Waals surface area (Å²) in [6, 6.07) is 9.03. The second kappa shape index (κ2) is 9.52. The van der Waals surface area contributed by atoms with Crippen molar-refractivity contribution in [2.75, 3.05) is 11.9 Å². The number of halogens is 2. The quantitative estimate of drug-likeness (QED) is 0.506. The topological polar surface area (TPSA) is 86.9 Å². The minimum absolute atomic E-state index is 0.0260. The van der Waals surface area contributed by atoms with Gasteiger partial charge < -0.3 is 15.6 Å². The first-order valence-corrected chi connectivity index (χ1v) is 9.86. The van der Waals surface area contributed by atoms with Crippen LogP contribution in [0.15, 0.2) is 36.4 Å². The highest BCUT2D eigenvalue weighted by Crippen LogP contribution is 2.19. The molecule has 29 heavy (non-hydrogen) atoms. The van der Waals surface area contributed by atoms with E-state index in [9.17, 15) is 14.0 Å². The number of nitrogens with one attached hydrogen (secondary N) is 3. The van der Waals surface area contributed by atoms with Gasteiger partial charge in [-0.1, -0.05) is 24.9 Å². The third-order valence-electron chi connectivity index (χ3n) is 4.40. The van der Waals surface area contributed by atoms with Crippen molar-refractivity contribution in [2.24, 2.45) is 0 Å². The molecule has 0 atom stereocenters. The Labute approximate surface area is 172 Å². The zero-order valence-corrected chi connectivity index (χ0v) is 16.8. The number of benzene rings is 2. The van der Waals surface area contributed by atoms with Crippen LogP contribution in [0.2, 0.25) is 5.02 Å². The molecule has 0 unspecified atom stereocenters. The molecule has 0 saturated heterocycles. The van der Waals surface area contributed by atoms with Crippen LogP contribution in [-0.4, -0.2) is 28.3 Å². The number of H-pyrrole nitrogens is 1. The van der Waals surface area contributed by atoms with E-state index in [4.69, 9.17) is 11.6 Å². The monoisotopic (exact) mass is 416 g/mol. The van der Waals surface area contributed by atoms with Crippen LogP contribution in [0.1, 0.15) is 42.4 Å². The van der Waals surface area contributed by atoms with Crippen molar-refractivity contribution in [3.63, 3.8) is 0 Å². The number of aromatic amines is 1. The van der Waals surface area contributed by atoms with Gasteiger partial charge in [0.25, 0.3) is 5.91 Å². The highest BCUT2D eigenvalue weighted by Gasteiger charge is 2.12.